The Labute approximate surface area is 172 Å². The molecule has 5 nitrogen and oxygen atoms in total. The molecular weight excluding hydrogens is 362 g/mol. The molecule has 152 valence electrons. The number of rotatable bonds is 5. The molecule has 2 fully saturated rings. The Morgan fingerprint density at radius 3 is 2.38 bits per heavy atom. The normalized spacial score (nSPS) is 21.0. The molecule has 1 saturated heterocycles. The summed E-state index contributed by atoms with van der Waals surface area (Å²) in [5, 5.41) is 2.97. The quantitative estimate of drug-likeness (QED) is 0.853. The predicted molar refractivity (Wildman–Crippen MR) is 115 cm³/mol. The monoisotopic (exact) mass is 391 g/mol. The molecule has 0 bridgehead atoms. The molecule has 0 aromatic heterocycles. The molecule has 0 radical (unpaired) electrons. The minimum absolute atomic E-state index is 0.00113. The van der Waals surface area contributed by atoms with E-state index in [2.05, 4.69) is 42.3 Å². The van der Waals surface area contributed by atoms with Crippen molar-refractivity contribution in [3.8, 4) is 0 Å². The van der Waals surface area contributed by atoms with E-state index in [1.165, 1.54) is 16.8 Å². The fourth-order valence-electron chi connectivity index (χ4n) is 4.15. The van der Waals surface area contributed by atoms with Gasteiger partial charge < -0.3 is 15.1 Å². The van der Waals surface area contributed by atoms with E-state index < -0.39 is 0 Å². The Morgan fingerprint density at radius 2 is 1.66 bits per heavy atom. The van der Waals surface area contributed by atoms with Crippen LogP contribution in [0.15, 0.2) is 48.5 Å². The highest BCUT2D eigenvalue weighted by molar-refractivity contribution is 5.92. The molecule has 5 heteroatoms. The second-order valence-electron chi connectivity index (χ2n) is 8.18. The van der Waals surface area contributed by atoms with Crippen LogP contribution in [0, 0.1) is 25.7 Å². The highest BCUT2D eigenvalue weighted by Gasteiger charge is 2.49. The van der Waals surface area contributed by atoms with Gasteiger partial charge in [0.1, 0.15) is 0 Å². The SMILES string of the molecule is Cc1cccc(N2CCN(C(=O)C3CC3C(=O)NCc3ccccc3)CC2)c1C. The van der Waals surface area contributed by atoms with Gasteiger partial charge in [0.05, 0.1) is 11.8 Å². The first kappa shape index (κ1) is 19.5. The van der Waals surface area contributed by atoms with E-state index in [1.54, 1.807) is 0 Å². The van der Waals surface area contributed by atoms with Gasteiger partial charge in [0.15, 0.2) is 0 Å². The zero-order valence-electron chi connectivity index (χ0n) is 17.2. The molecule has 2 aliphatic rings. The Morgan fingerprint density at radius 1 is 0.931 bits per heavy atom. The van der Waals surface area contributed by atoms with Crippen LogP contribution in [-0.4, -0.2) is 42.9 Å². The lowest BCUT2D eigenvalue weighted by atomic mass is 10.1. The third kappa shape index (κ3) is 4.29. The third-order valence-corrected chi connectivity index (χ3v) is 6.26. The van der Waals surface area contributed by atoms with E-state index >= 15 is 0 Å². The van der Waals surface area contributed by atoms with E-state index in [-0.39, 0.29) is 23.7 Å². The van der Waals surface area contributed by atoms with Gasteiger partial charge in [0.25, 0.3) is 0 Å². The number of carbonyl (C=O) groups excluding carboxylic acids is 2. The smallest absolute Gasteiger partial charge is 0.226 e. The van der Waals surface area contributed by atoms with Crippen molar-refractivity contribution in [3.63, 3.8) is 0 Å². The number of hydrogen-bond acceptors (Lipinski definition) is 3. The van der Waals surface area contributed by atoms with Crippen molar-refractivity contribution in [1.29, 1.82) is 0 Å². The van der Waals surface area contributed by atoms with Crippen LogP contribution in [0.3, 0.4) is 0 Å². The van der Waals surface area contributed by atoms with Crippen molar-refractivity contribution in [2.24, 2.45) is 11.8 Å². The summed E-state index contributed by atoms with van der Waals surface area (Å²) in [6, 6.07) is 16.3. The Kier molecular flexibility index (Phi) is 5.56. The van der Waals surface area contributed by atoms with E-state index in [0.717, 1.165) is 31.7 Å². The Hall–Kier alpha value is -2.82. The molecule has 1 aliphatic carbocycles. The summed E-state index contributed by atoms with van der Waals surface area (Å²) in [5.41, 5.74) is 4.95. The minimum atomic E-state index is -0.164. The van der Waals surface area contributed by atoms with Gasteiger partial charge in [-0.2, -0.15) is 0 Å². The Balaban J connectivity index is 1.26. The second-order valence-corrected chi connectivity index (χ2v) is 8.18. The number of anilines is 1. The highest BCUT2D eigenvalue weighted by atomic mass is 16.2. The molecule has 2 unspecified atom stereocenters. The Bertz CT molecular complexity index is 888. The molecule has 1 aliphatic heterocycles. The standard InChI is InChI=1S/C24H29N3O2/c1-17-7-6-10-22(18(17)2)26-11-13-27(14-12-26)24(29)21-15-20(21)23(28)25-16-19-8-4-3-5-9-19/h3-10,20-21H,11-16H2,1-2H3,(H,25,28). The maximum atomic E-state index is 12.8. The van der Waals surface area contributed by atoms with Crippen LogP contribution in [0.5, 0.6) is 0 Å². The average molecular weight is 392 g/mol. The average Bonchev–Trinajstić information content (AvgIpc) is 3.55. The molecule has 2 atom stereocenters. The molecule has 2 amide bonds. The summed E-state index contributed by atoms with van der Waals surface area (Å²) >= 11 is 0. The lowest BCUT2D eigenvalue weighted by Crippen LogP contribution is -2.49. The molecule has 2 aromatic carbocycles. The van der Waals surface area contributed by atoms with E-state index in [9.17, 15) is 9.59 Å². The fraction of sp³-hybridized carbons (Fsp3) is 0.417. The lowest BCUT2D eigenvalue weighted by molar-refractivity contribution is -0.135. The van der Waals surface area contributed by atoms with Crippen LogP contribution in [0.2, 0.25) is 0 Å². The molecule has 2 aromatic rings. The first-order valence-electron chi connectivity index (χ1n) is 10.5. The molecule has 29 heavy (non-hydrogen) atoms. The molecular formula is C24H29N3O2. The van der Waals surface area contributed by atoms with Crippen LogP contribution < -0.4 is 10.2 Å². The van der Waals surface area contributed by atoms with Crippen molar-refractivity contribution in [1.82, 2.24) is 10.2 Å². The van der Waals surface area contributed by atoms with Gasteiger partial charge in [-0.3, -0.25) is 9.59 Å². The maximum Gasteiger partial charge on any atom is 0.226 e. The summed E-state index contributed by atoms with van der Waals surface area (Å²) in [4.78, 5) is 29.5. The van der Waals surface area contributed by atoms with Crippen molar-refractivity contribution in [2.75, 3.05) is 31.1 Å². The van der Waals surface area contributed by atoms with E-state index in [0.29, 0.717) is 13.0 Å². The predicted octanol–water partition coefficient (Wildman–Crippen LogP) is 2.90. The summed E-state index contributed by atoms with van der Waals surface area (Å²) in [7, 11) is 0. The van der Waals surface area contributed by atoms with Crippen LogP contribution >= 0.6 is 0 Å². The van der Waals surface area contributed by atoms with Crippen molar-refractivity contribution in [3.05, 3.63) is 65.2 Å². The highest BCUT2D eigenvalue weighted by Crippen LogP contribution is 2.40. The summed E-state index contributed by atoms with van der Waals surface area (Å²) in [6.45, 7) is 7.94. The number of aryl methyl sites for hydroxylation is 1. The van der Waals surface area contributed by atoms with Crippen molar-refractivity contribution in [2.45, 2.75) is 26.8 Å². The minimum Gasteiger partial charge on any atom is -0.368 e. The largest absolute Gasteiger partial charge is 0.368 e. The number of benzene rings is 2. The molecule has 4 rings (SSSR count). The third-order valence-electron chi connectivity index (χ3n) is 6.26. The maximum absolute atomic E-state index is 12.8. The molecule has 1 heterocycles. The topological polar surface area (TPSA) is 52.7 Å². The molecule has 1 saturated carbocycles. The van der Waals surface area contributed by atoms with Gasteiger partial charge in [0, 0.05) is 38.4 Å². The molecule has 1 N–H and O–H groups in total. The van der Waals surface area contributed by atoms with Gasteiger partial charge >= 0.3 is 0 Å². The fourth-order valence-corrected chi connectivity index (χ4v) is 4.15. The number of carbonyl (C=O) groups is 2. The van der Waals surface area contributed by atoms with Crippen molar-refractivity contribution >= 4 is 17.5 Å². The van der Waals surface area contributed by atoms with Gasteiger partial charge in [-0.1, -0.05) is 42.5 Å². The van der Waals surface area contributed by atoms with Crippen LogP contribution in [0.4, 0.5) is 5.69 Å². The first-order valence-corrected chi connectivity index (χ1v) is 10.5. The molecule has 0 spiro atoms. The number of amides is 2. The van der Waals surface area contributed by atoms with Crippen LogP contribution in [0.1, 0.15) is 23.1 Å². The number of hydrogen-bond donors (Lipinski definition) is 1. The summed E-state index contributed by atoms with van der Waals surface area (Å²) in [6.07, 6.45) is 0.677. The first-order chi connectivity index (χ1) is 14.0. The number of nitrogens with one attached hydrogen (secondary N) is 1. The van der Waals surface area contributed by atoms with Gasteiger partial charge in [-0.05, 0) is 43.0 Å². The van der Waals surface area contributed by atoms with E-state index in [1.807, 2.05) is 35.2 Å². The van der Waals surface area contributed by atoms with Crippen LogP contribution in [-0.2, 0) is 16.1 Å². The zero-order valence-corrected chi connectivity index (χ0v) is 17.2. The second kappa shape index (κ2) is 8.27. The zero-order chi connectivity index (χ0) is 20.4. The van der Waals surface area contributed by atoms with Crippen LogP contribution in [0.25, 0.3) is 0 Å². The summed E-state index contributed by atoms with van der Waals surface area (Å²) < 4.78 is 0. The van der Waals surface area contributed by atoms with Gasteiger partial charge in [0.2, 0.25) is 11.8 Å². The van der Waals surface area contributed by atoms with Gasteiger partial charge in [-0.15, -0.1) is 0 Å². The lowest BCUT2D eigenvalue weighted by Gasteiger charge is -2.37. The van der Waals surface area contributed by atoms with Gasteiger partial charge in [-0.25, -0.2) is 0 Å². The number of nitrogens with zero attached hydrogens (tertiary/aromatic N) is 2. The number of piperazine rings is 1. The van der Waals surface area contributed by atoms with Crippen molar-refractivity contribution < 1.29 is 9.59 Å². The summed E-state index contributed by atoms with van der Waals surface area (Å²) in [5.74, 6) is -0.159. The van der Waals surface area contributed by atoms with E-state index in [4.69, 9.17) is 0 Å².